The summed E-state index contributed by atoms with van der Waals surface area (Å²) in [6.45, 7) is 0. The van der Waals surface area contributed by atoms with Crippen LogP contribution < -0.4 is 10.6 Å². The van der Waals surface area contributed by atoms with E-state index in [1.807, 2.05) is 109 Å². The van der Waals surface area contributed by atoms with Crippen molar-refractivity contribution in [3.05, 3.63) is 129 Å². The molecule has 0 aliphatic carbocycles. The molecule has 0 aliphatic heterocycles. The summed E-state index contributed by atoms with van der Waals surface area (Å²) in [6, 6.07) is 35.7. The number of nitrogens with one attached hydrogen (secondary N) is 2. The van der Waals surface area contributed by atoms with Gasteiger partial charge in [0.25, 0.3) is 0 Å². The van der Waals surface area contributed by atoms with Crippen LogP contribution in [0.5, 0.6) is 0 Å². The number of hydrogen-bond acceptors (Lipinski definition) is 6. The second-order valence-electron chi connectivity index (χ2n) is 10.5. The highest BCUT2D eigenvalue weighted by Crippen LogP contribution is 2.37. The Labute approximate surface area is 292 Å². The first-order valence-electron chi connectivity index (χ1n) is 14.1. The largest absolute Gasteiger partial charge is 0.455 e. The van der Waals surface area contributed by atoms with Crippen LogP contribution in [-0.4, -0.2) is 9.98 Å². The van der Waals surface area contributed by atoms with E-state index in [0.29, 0.717) is 31.4 Å². The molecule has 0 bridgehead atoms. The van der Waals surface area contributed by atoms with Crippen molar-refractivity contribution in [2.75, 3.05) is 10.6 Å². The molecule has 224 valence electrons. The predicted octanol–water partition coefficient (Wildman–Crippen LogP) is 12.7. The normalized spacial score (nSPS) is 11.4. The molecule has 4 nitrogen and oxygen atoms in total. The van der Waals surface area contributed by atoms with Gasteiger partial charge in [0.05, 0.1) is 40.9 Å². The lowest BCUT2D eigenvalue weighted by Crippen LogP contribution is -2.10. The van der Waals surface area contributed by atoms with Gasteiger partial charge < -0.3 is 19.5 Å². The van der Waals surface area contributed by atoms with Crippen LogP contribution in [0.2, 0.25) is 10.0 Å². The Bertz CT molecular complexity index is 2230. The fraction of sp³-hybridized carbons (Fsp3) is 0. The summed E-state index contributed by atoms with van der Waals surface area (Å²) < 4.78 is 12.1. The maximum Gasteiger partial charge on any atom is 0.145 e. The van der Waals surface area contributed by atoms with Gasteiger partial charge in [-0.25, -0.2) is 0 Å². The fourth-order valence-corrected chi connectivity index (χ4v) is 8.00. The quantitative estimate of drug-likeness (QED) is 0.168. The van der Waals surface area contributed by atoms with Gasteiger partial charge in [-0.1, -0.05) is 84.0 Å². The van der Waals surface area contributed by atoms with Crippen LogP contribution in [-0.2, 0) is 0 Å². The molecule has 0 radical (unpaired) electrons. The van der Waals surface area contributed by atoms with Crippen molar-refractivity contribution in [2.24, 2.45) is 0 Å². The molecule has 4 aromatic heterocycles. The molecule has 0 spiro atoms. The van der Waals surface area contributed by atoms with Gasteiger partial charge in [0, 0.05) is 10.8 Å². The van der Waals surface area contributed by atoms with E-state index in [2.05, 4.69) is 10.6 Å². The van der Waals surface area contributed by atoms with Crippen molar-refractivity contribution in [2.45, 2.75) is 0 Å². The van der Waals surface area contributed by atoms with Gasteiger partial charge in [0.15, 0.2) is 0 Å². The molecule has 10 heteroatoms. The van der Waals surface area contributed by atoms with Crippen LogP contribution in [0.3, 0.4) is 0 Å². The van der Waals surface area contributed by atoms with Crippen LogP contribution in [0.25, 0.3) is 54.0 Å². The average molecular weight is 712 g/mol. The first-order valence-corrected chi connectivity index (χ1v) is 17.3. The second kappa shape index (κ2) is 12.0. The third kappa shape index (κ3) is 5.62. The lowest BCUT2D eigenvalue weighted by Gasteiger charge is -2.13. The molecular formula is C36H20Cl2N2O2S4. The van der Waals surface area contributed by atoms with Gasteiger partial charge >= 0.3 is 0 Å². The Morgan fingerprint density at radius 1 is 0.522 bits per heavy atom. The van der Waals surface area contributed by atoms with Crippen molar-refractivity contribution in [3.63, 3.8) is 0 Å². The highest BCUT2D eigenvalue weighted by molar-refractivity contribution is 7.81. The number of thiophene rings is 2. The Hall–Kier alpha value is -4.02. The number of fused-ring (bicyclic) bond motifs is 3. The van der Waals surface area contributed by atoms with Gasteiger partial charge in [0.2, 0.25) is 0 Å². The maximum absolute atomic E-state index is 6.74. The molecule has 0 saturated carbocycles. The Balaban J connectivity index is 0.991. The molecular weight excluding hydrogens is 692 g/mol. The van der Waals surface area contributed by atoms with Crippen LogP contribution in [0, 0.1) is 0 Å². The number of anilines is 2. The first kappa shape index (κ1) is 29.4. The Kier molecular flexibility index (Phi) is 7.65. The van der Waals surface area contributed by atoms with E-state index >= 15 is 0 Å². The number of rotatable bonds is 6. The van der Waals surface area contributed by atoms with Gasteiger partial charge in [-0.05, 0) is 83.6 Å². The predicted molar refractivity (Wildman–Crippen MR) is 204 cm³/mol. The van der Waals surface area contributed by atoms with Crippen molar-refractivity contribution in [1.29, 1.82) is 0 Å². The lowest BCUT2D eigenvalue weighted by atomic mass is 10.1. The molecule has 46 heavy (non-hydrogen) atoms. The van der Waals surface area contributed by atoms with E-state index in [9.17, 15) is 0 Å². The van der Waals surface area contributed by atoms with E-state index in [4.69, 9.17) is 56.5 Å². The molecule has 0 aliphatic rings. The van der Waals surface area contributed by atoms with Crippen LogP contribution in [0.1, 0.15) is 9.75 Å². The summed E-state index contributed by atoms with van der Waals surface area (Å²) in [6.07, 6.45) is 0. The molecule has 0 unspecified atom stereocenters. The van der Waals surface area contributed by atoms with Crippen molar-refractivity contribution < 1.29 is 8.83 Å². The summed E-state index contributed by atoms with van der Waals surface area (Å²) in [7, 11) is 0. The number of benzene rings is 4. The Morgan fingerprint density at radius 2 is 0.957 bits per heavy atom. The van der Waals surface area contributed by atoms with Crippen molar-refractivity contribution in [1.82, 2.24) is 0 Å². The smallest absolute Gasteiger partial charge is 0.145 e. The number of thiocarbonyl (C=S) groups is 2. The molecule has 0 saturated heterocycles. The summed E-state index contributed by atoms with van der Waals surface area (Å²) >= 11 is 28.1. The van der Waals surface area contributed by atoms with Gasteiger partial charge in [0.1, 0.15) is 32.7 Å². The zero-order chi connectivity index (χ0) is 31.4. The zero-order valence-corrected chi connectivity index (χ0v) is 28.4. The van der Waals surface area contributed by atoms with Crippen molar-refractivity contribution in [3.8, 4) is 21.3 Å². The molecule has 8 aromatic rings. The monoisotopic (exact) mass is 710 g/mol. The van der Waals surface area contributed by atoms with Crippen LogP contribution in [0.15, 0.2) is 118 Å². The Morgan fingerprint density at radius 3 is 1.39 bits per heavy atom. The molecule has 0 atom stereocenters. The molecule has 8 rings (SSSR count). The summed E-state index contributed by atoms with van der Waals surface area (Å²) in [4.78, 5) is 4.95. The summed E-state index contributed by atoms with van der Waals surface area (Å²) in [5, 5.41) is 11.7. The first-order chi connectivity index (χ1) is 22.4. The third-order valence-electron chi connectivity index (χ3n) is 7.50. The lowest BCUT2D eigenvalue weighted by molar-refractivity contribution is 0.633. The number of furan rings is 2. The van der Waals surface area contributed by atoms with Crippen LogP contribution in [0.4, 0.5) is 11.4 Å². The molecule has 2 N–H and O–H groups in total. The van der Waals surface area contributed by atoms with Gasteiger partial charge in [-0.2, -0.15) is 0 Å². The van der Waals surface area contributed by atoms with E-state index in [0.717, 1.165) is 63.7 Å². The topological polar surface area (TPSA) is 50.3 Å². The zero-order valence-electron chi connectivity index (χ0n) is 23.6. The van der Waals surface area contributed by atoms with E-state index in [1.54, 1.807) is 22.7 Å². The van der Waals surface area contributed by atoms with Crippen LogP contribution >= 0.6 is 70.3 Å². The minimum Gasteiger partial charge on any atom is -0.455 e. The van der Waals surface area contributed by atoms with Crippen molar-refractivity contribution >= 4 is 124 Å². The number of hydrogen-bond donors (Lipinski definition) is 2. The maximum atomic E-state index is 6.74. The molecule has 4 heterocycles. The average Bonchev–Trinajstić information content (AvgIpc) is 3.86. The molecule has 0 fully saturated rings. The summed E-state index contributed by atoms with van der Waals surface area (Å²) in [5.74, 6) is 1.63. The minimum atomic E-state index is 0.536. The van der Waals surface area contributed by atoms with Gasteiger partial charge in [-0.3, -0.25) is 0 Å². The SMILES string of the molecule is S=C(Nc1cc2cc(Cl)c(NC(=S)c3ccc(-c4cc5ccccc5o4)s3)cc2cc1Cl)c1ccc(-c2cc3ccccc3o2)s1. The fourth-order valence-electron chi connectivity index (χ4n) is 5.24. The van der Waals surface area contributed by atoms with Gasteiger partial charge in [-0.15, -0.1) is 22.7 Å². The summed E-state index contributed by atoms with van der Waals surface area (Å²) in [5.41, 5.74) is 3.10. The second-order valence-corrected chi connectivity index (χ2v) is 14.3. The van der Waals surface area contributed by atoms with E-state index in [1.165, 1.54) is 0 Å². The van der Waals surface area contributed by atoms with E-state index in [-0.39, 0.29) is 0 Å². The standard InChI is InChI=1S/C36H20Cl2N2O2S4/c37-23-13-22-16-26(40-36(44)34-12-10-32(46-34)30-18-20-6-2-4-8-28(20)42-30)24(38)14-21(22)15-25(23)39-35(43)33-11-9-31(45-33)29-17-19-5-1-3-7-27(19)41-29/h1-18H,(H,39,43)(H,40,44). The van der Waals surface area contributed by atoms with E-state index < -0.39 is 0 Å². The molecule has 4 aromatic carbocycles. The minimum absolute atomic E-state index is 0.536. The third-order valence-corrected chi connectivity index (χ3v) is 11.3. The highest BCUT2D eigenvalue weighted by atomic mass is 35.5. The number of para-hydroxylation sites is 2. The highest BCUT2D eigenvalue weighted by Gasteiger charge is 2.16. The molecule has 0 amide bonds. The number of halogens is 2.